The van der Waals surface area contributed by atoms with Crippen LogP contribution in [0.15, 0.2) is 12.3 Å². The lowest BCUT2D eigenvalue weighted by molar-refractivity contribution is 0.885. The smallest absolute Gasteiger partial charge is 0.177 e. The van der Waals surface area contributed by atoms with Gasteiger partial charge in [-0.25, -0.2) is 9.97 Å². The second kappa shape index (κ2) is 4.91. The Morgan fingerprint density at radius 2 is 2.00 bits per heavy atom. The fourth-order valence-corrected chi connectivity index (χ4v) is 1.42. The Bertz CT molecular complexity index is 443. The summed E-state index contributed by atoms with van der Waals surface area (Å²) >= 11 is 0. The van der Waals surface area contributed by atoms with Gasteiger partial charge in [0.2, 0.25) is 0 Å². The zero-order chi connectivity index (χ0) is 11.4. The highest BCUT2D eigenvalue weighted by molar-refractivity contribution is 5.72. The van der Waals surface area contributed by atoms with Crippen molar-refractivity contribution in [3.05, 3.63) is 23.7 Å². The summed E-state index contributed by atoms with van der Waals surface area (Å²) < 4.78 is 2.07. The normalized spacial score (nSPS) is 9.93. The molecule has 0 atom stereocenters. The average molecular weight is 205 g/mol. The van der Waals surface area contributed by atoms with Crippen LogP contribution >= 0.6 is 0 Å². The monoisotopic (exact) mass is 205 g/mol. The highest BCUT2D eigenvalue weighted by Crippen LogP contribution is 2.13. The van der Waals surface area contributed by atoms with Gasteiger partial charge < -0.3 is 4.57 Å². The first-order chi connectivity index (χ1) is 7.22. The molecule has 82 valence electrons. The van der Waals surface area contributed by atoms with Crippen LogP contribution in [0.2, 0.25) is 0 Å². The molecule has 2 aromatic heterocycles. The number of hydrogen-bond donors (Lipinski definition) is 0. The topological polar surface area (TPSA) is 30.7 Å². The minimum Gasteiger partial charge on any atom is -0.330 e. The predicted molar refractivity (Wildman–Crippen MR) is 64.0 cm³/mol. The fraction of sp³-hybridized carbons (Fsp3) is 0.500. The molecule has 0 saturated heterocycles. The standard InChI is InChI=1S/C10H13N3.C2H6/c1-4-8-5-9-10(11-6-8)12-7(2)13(9)3;1-2/h5-6H,4H2,1-3H3;1-2H3. The summed E-state index contributed by atoms with van der Waals surface area (Å²) in [5.41, 5.74) is 3.23. The van der Waals surface area contributed by atoms with Crippen LogP contribution in [-0.2, 0) is 13.5 Å². The van der Waals surface area contributed by atoms with Gasteiger partial charge in [0.05, 0.1) is 5.52 Å². The average Bonchev–Trinajstić information content (AvgIpc) is 2.57. The van der Waals surface area contributed by atoms with Crippen molar-refractivity contribution in [1.82, 2.24) is 14.5 Å². The molecule has 15 heavy (non-hydrogen) atoms. The third-order valence-electron chi connectivity index (χ3n) is 2.43. The number of hydrogen-bond acceptors (Lipinski definition) is 2. The van der Waals surface area contributed by atoms with Gasteiger partial charge in [0.25, 0.3) is 0 Å². The maximum atomic E-state index is 4.34. The van der Waals surface area contributed by atoms with Crippen molar-refractivity contribution in [3.63, 3.8) is 0 Å². The number of rotatable bonds is 1. The van der Waals surface area contributed by atoms with Crippen LogP contribution in [0.25, 0.3) is 11.2 Å². The number of pyridine rings is 1. The van der Waals surface area contributed by atoms with Gasteiger partial charge in [0.15, 0.2) is 5.65 Å². The van der Waals surface area contributed by atoms with Crippen LogP contribution < -0.4 is 0 Å². The van der Waals surface area contributed by atoms with Crippen LogP contribution in [0, 0.1) is 6.92 Å². The molecule has 0 aliphatic carbocycles. The lowest BCUT2D eigenvalue weighted by atomic mass is 10.2. The number of imidazole rings is 1. The lowest BCUT2D eigenvalue weighted by Crippen LogP contribution is -1.91. The van der Waals surface area contributed by atoms with Gasteiger partial charge in [0, 0.05) is 13.2 Å². The zero-order valence-electron chi connectivity index (χ0n) is 10.2. The van der Waals surface area contributed by atoms with E-state index in [4.69, 9.17) is 0 Å². The molecule has 0 aliphatic rings. The summed E-state index contributed by atoms with van der Waals surface area (Å²) in [5, 5.41) is 0. The molecule has 2 heterocycles. The van der Waals surface area contributed by atoms with Crippen LogP contribution in [0.4, 0.5) is 0 Å². The number of nitrogens with zero attached hydrogens (tertiary/aromatic N) is 3. The molecule has 2 rings (SSSR count). The van der Waals surface area contributed by atoms with Crippen LogP contribution in [0.5, 0.6) is 0 Å². The van der Waals surface area contributed by atoms with E-state index < -0.39 is 0 Å². The van der Waals surface area contributed by atoms with E-state index in [9.17, 15) is 0 Å². The van der Waals surface area contributed by atoms with Gasteiger partial charge in [0.1, 0.15) is 5.82 Å². The number of aryl methyl sites for hydroxylation is 3. The minimum absolute atomic E-state index is 0.845. The highest BCUT2D eigenvalue weighted by Gasteiger charge is 2.04. The van der Waals surface area contributed by atoms with Crippen molar-refractivity contribution in [2.45, 2.75) is 34.1 Å². The molecule has 0 radical (unpaired) electrons. The van der Waals surface area contributed by atoms with E-state index >= 15 is 0 Å². The molecule has 0 fully saturated rings. The second-order valence-corrected chi connectivity index (χ2v) is 3.26. The number of aromatic nitrogens is 3. The molecular weight excluding hydrogens is 186 g/mol. The van der Waals surface area contributed by atoms with E-state index in [0.29, 0.717) is 0 Å². The molecule has 0 spiro atoms. The predicted octanol–water partition coefficient (Wildman–Crippen LogP) is 2.87. The molecule has 0 unspecified atom stereocenters. The van der Waals surface area contributed by atoms with E-state index in [-0.39, 0.29) is 0 Å². The van der Waals surface area contributed by atoms with Crippen molar-refractivity contribution < 1.29 is 0 Å². The Balaban J connectivity index is 0.000000531. The summed E-state index contributed by atoms with van der Waals surface area (Å²) in [7, 11) is 2.02. The van der Waals surface area contributed by atoms with Crippen molar-refractivity contribution in [3.8, 4) is 0 Å². The Morgan fingerprint density at radius 1 is 1.33 bits per heavy atom. The van der Waals surface area contributed by atoms with Gasteiger partial charge in [-0.15, -0.1) is 0 Å². The first-order valence-corrected chi connectivity index (χ1v) is 5.50. The van der Waals surface area contributed by atoms with Crippen LogP contribution in [0.1, 0.15) is 32.2 Å². The summed E-state index contributed by atoms with van der Waals surface area (Å²) in [5.74, 6) is 1.01. The molecule has 0 saturated carbocycles. The van der Waals surface area contributed by atoms with E-state index in [1.807, 2.05) is 34.0 Å². The molecular formula is C12H19N3. The van der Waals surface area contributed by atoms with Crippen molar-refractivity contribution in [1.29, 1.82) is 0 Å². The highest BCUT2D eigenvalue weighted by atomic mass is 15.1. The van der Waals surface area contributed by atoms with E-state index in [1.165, 1.54) is 5.56 Å². The molecule has 0 amide bonds. The van der Waals surface area contributed by atoms with Crippen molar-refractivity contribution >= 4 is 11.2 Å². The first-order valence-electron chi connectivity index (χ1n) is 5.50. The lowest BCUT2D eigenvalue weighted by Gasteiger charge is -1.98. The summed E-state index contributed by atoms with van der Waals surface area (Å²) in [6, 6.07) is 2.16. The maximum Gasteiger partial charge on any atom is 0.177 e. The SMILES string of the molecule is CC.CCc1cnc2nc(C)n(C)c2c1. The second-order valence-electron chi connectivity index (χ2n) is 3.26. The quantitative estimate of drug-likeness (QED) is 0.716. The molecule has 0 aromatic carbocycles. The largest absolute Gasteiger partial charge is 0.330 e. The first kappa shape index (κ1) is 11.7. The van der Waals surface area contributed by atoms with Gasteiger partial charge in [-0.05, 0) is 25.0 Å². The Kier molecular flexibility index (Phi) is 3.83. The van der Waals surface area contributed by atoms with E-state index in [0.717, 1.165) is 23.4 Å². The third-order valence-corrected chi connectivity index (χ3v) is 2.43. The van der Waals surface area contributed by atoms with Crippen molar-refractivity contribution in [2.75, 3.05) is 0 Å². The van der Waals surface area contributed by atoms with Crippen molar-refractivity contribution in [2.24, 2.45) is 7.05 Å². The van der Waals surface area contributed by atoms with Gasteiger partial charge >= 0.3 is 0 Å². The Morgan fingerprint density at radius 3 is 2.60 bits per heavy atom. The van der Waals surface area contributed by atoms with Gasteiger partial charge in [-0.3, -0.25) is 0 Å². The molecule has 0 bridgehead atoms. The fourth-order valence-electron chi connectivity index (χ4n) is 1.42. The summed E-state index contributed by atoms with van der Waals surface area (Å²) in [6.07, 6.45) is 2.92. The van der Waals surface area contributed by atoms with Gasteiger partial charge in [-0.1, -0.05) is 20.8 Å². The summed E-state index contributed by atoms with van der Waals surface area (Å²) in [6.45, 7) is 8.12. The van der Waals surface area contributed by atoms with Crippen LogP contribution in [0.3, 0.4) is 0 Å². The molecule has 2 aromatic rings. The van der Waals surface area contributed by atoms with E-state index in [2.05, 4.69) is 27.5 Å². The zero-order valence-corrected chi connectivity index (χ0v) is 10.2. The maximum absolute atomic E-state index is 4.34. The number of fused-ring (bicyclic) bond motifs is 1. The Labute approximate surface area is 91.2 Å². The molecule has 0 N–H and O–H groups in total. The minimum atomic E-state index is 0.845. The third kappa shape index (κ3) is 2.17. The molecule has 3 nitrogen and oxygen atoms in total. The van der Waals surface area contributed by atoms with E-state index in [1.54, 1.807) is 0 Å². The molecule has 3 heteroatoms. The Hall–Kier alpha value is -1.38. The van der Waals surface area contributed by atoms with Gasteiger partial charge in [-0.2, -0.15) is 0 Å². The van der Waals surface area contributed by atoms with Crippen LogP contribution in [-0.4, -0.2) is 14.5 Å². The summed E-state index contributed by atoms with van der Waals surface area (Å²) in [4.78, 5) is 8.64. The molecule has 0 aliphatic heterocycles.